The normalized spacial score (nSPS) is 12.6. The van der Waals surface area contributed by atoms with Gasteiger partial charge < -0.3 is 9.84 Å². The molecule has 2 aromatic rings. The third-order valence-electron chi connectivity index (χ3n) is 3.21. The number of hydrogen-bond acceptors (Lipinski definition) is 5. The Morgan fingerprint density at radius 1 is 1.13 bits per heavy atom. The van der Waals surface area contributed by atoms with Crippen molar-refractivity contribution in [3.8, 4) is 5.75 Å². The maximum absolute atomic E-state index is 12.3. The molecule has 122 valence electrons. The van der Waals surface area contributed by atoms with E-state index in [0.29, 0.717) is 5.56 Å². The number of aromatic hydroxyl groups is 1. The summed E-state index contributed by atoms with van der Waals surface area (Å²) in [4.78, 5) is 12.0. The van der Waals surface area contributed by atoms with E-state index in [-0.39, 0.29) is 17.1 Å². The molecule has 2 rings (SSSR count). The number of rotatable bonds is 6. The first kappa shape index (κ1) is 17.0. The molecule has 0 unspecified atom stereocenters. The molecule has 0 bridgehead atoms. The average Bonchev–Trinajstić information content (AvgIpc) is 2.56. The van der Waals surface area contributed by atoms with Gasteiger partial charge in [-0.1, -0.05) is 30.3 Å². The zero-order chi connectivity index (χ0) is 16.9. The maximum Gasteiger partial charge on any atom is 0.324 e. The highest BCUT2D eigenvalue weighted by molar-refractivity contribution is 7.89. The van der Waals surface area contributed by atoms with Crippen molar-refractivity contribution < 1.29 is 23.1 Å². The molecule has 2 aromatic carbocycles. The van der Waals surface area contributed by atoms with Crippen LogP contribution in [0.25, 0.3) is 0 Å². The van der Waals surface area contributed by atoms with Crippen molar-refractivity contribution in [2.75, 3.05) is 7.11 Å². The molecule has 0 aliphatic carbocycles. The van der Waals surface area contributed by atoms with Crippen LogP contribution in [0.5, 0.6) is 5.75 Å². The van der Waals surface area contributed by atoms with Crippen LogP contribution in [-0.2, 0) is 26.0 Å². The van der Waals surface area contributed by atoms with E-state index < -0.39 is 22.0 Å². The summed E-state index contributed by atoms with van der Waals surface area (Å²) in [5.41, 5.74) is 0.689. The van der Waals surface area contributed by atoms with E-state index in [2.05, 4.69) is 9.46 Å². The van der Waals surface area contributed by atoms with E-state index in [0.717, 1.165) is 0 Å². The van der Waals surface area contributed by atoms with Crippen molar-refractivity contribution in [1.82, 2.24) is 4.72 Å². The van der Waals surface area contributed by atoms with Gasteiger partial charge in [0.2, 0.25) is 10.0 Å². The lowest BCUT2D eigenvalue weighted by molar-refractivity contribution is -0.142. The topological polar surface area (TPSA) is 92.7 Å². The summed E-state index contributed by atoms with van der Waals surface area (Å²) in [7, 11) is -2.65. The van der Waals surface area contributed by atoms with E-state index in [9.17, 15) is 18.3 Å². The van der Waals surface area contributed by atoms with Crippen LogP contribution in [-0.4, -0.2) is 32.6 Å². The van der Waals surface area contributed by atoms with Crippen molar-refractivity contribution in [1.29, 1.82) is 0 Å². The molecule has 6 nitrogen and oxygen atoms in total. The fourth-order valence-corrected chi connectivity index (χ4v) is 3.24. The van der Waals surface area contributed by atoms with Crippen molar-refractivity contribution in [2.24, 2.45) is 0 Å². The van der Waals surface area contributed by atoms with Gasteiger partial charge in [-0.15, -0.1) is 0 Å². The summed E-state index contributed by atoms with van der Waals surface area (Å²) >= 11 is 0. The molecule has 7 heteroatoms. The number of nitrogens with one attached hydrogen (secondary N) is 1. The molecule has 0 radical (unpaired) electrons. The Hall–Kier alpha value is -2.38. The van der Waals surface area contributed by atoms with E-state index in [4.69, 9.17) is 0 Å². The molecule has 0 aromatic heterocycles. The summed E-state index contributed by atoms with van der Waals surface area (Å²) in [6.45, 7) is 0. The maximum atomic E-state index is 12.3. The number of esters is 1. The van der Waals surface area contributed by atoms with Gasteiger partial charge >= 0.3 is 5.97 Å². The predicted octanol–water partition coefficient (Wildman–Crippen LogP) is 1.45. The molecular weight excluding hydrogens is 318 g/mol. The van der Waals surface area contributed by atoms with Crippen LogP contribution in [0.15, 0.2) is 59.5 Å². The summed E-state index contributed by atoms with van der Waals surface area (Å²) < 4.78 is 31.7. The minimum Gasteiger partial charge on any atom is -0.508 e. The molecule has 0 aliphatic rings. The van der Waals surface area contributed by atoms with E-state index in [1.165, 1.54) is 31.4 Å². The molecule has 2 N–H and O–H groups in total. The monoisotopic (exact) mass is 335 g/mol. The number of ether oxygens (including phenoxy) is 1. The molecule has 0 fully saturated rings. The predicted molar refractivity (Wildman–Crippen MR) is 84.4 cm³/mol. The van der Waals surface area contributed by atoms with Crippen LogP contribution in [0.4, 0.5) is 0 Å². The number of benzene rings is 2. The number of phenols is 1. The Morgan fingerprint density at radius 3 is 2.30 bits per heavy atom. The molecule has 0 spiro atoms. The van der Waals surface area contributed by atoms with E-state index >= 15 is 0 Å². The van der Waals surface area contributed by atoms with E-state index in [1.807, 2.05) is 0 Å². The summed E-state index contributed by atoms with van der Waals surface area (Å²) in [6, 6.07) is 12.9. The highest BCUT2D eigenvalue weighted by atomic mass is 32.2. The molecule has 0 saturated heterocycles. The first-order chi connectivity index (χ1) is 10.9. The third kappa shape index (κ3) is 4.54. The van der Waals surface area contributed by atoms with Crippen LogP contribution in [0.1, 0.15) is 5.56 Å². The fraction of sp³-hybridized carbons (Fsp3) is 0.188. The smallest absolute Gasteiger partial charge is 0.324 e. The first-order valence-electron chi connectivity index (χ1n) is 6.85. The number of carbonyl (C=O) groups excluding carboxylic acids is 1. The number of hydrogen-bond donors (Lipinski definition) is 2. The van der Waals surface area contributed by atoms with Gasteiger partial charge in [0.1, 0.15) is 11.8 Å². The second kappa shape index (κ2) is 7.26. The van der Waals surface area contributed by atoms with Gasteiger partial charge in [0.25, 0.3) is 0 Å². The van der Waals surface area contributed by atoms with Crippen LogP contribution in [0.3, 0.4) is 0 Å². The highest BCUT2D eigenvalue weighted by Crippen LogP contribution is 2.14. The molecule has 0 heterocycles. The number of sulfonamides is 1. The Kier molecular flexibility index (Phi) is 5.36. The SMILES string of the molecule is COC(=O)[C@H](Cc1ccc(O)cc1)NS(=O)(=O)c1ccccc1. The van der Waals surface area contributed by atoms with Crippen molar-refractivity contribution >= 4 is 16.0 Å². The number of carbonyl (C=O) groups is 1. The van der Waals surface area contributed by atoms with Crippen LogP contribution in [0.2, 0.25) is 0 Å². The van der Waals surface area contributed by atoms with Crippen LogP contribution in [0, 0.1) is 0 Å². The first-order valence-corrected chi connectivity index (χ1v) is 8.34. The standard InChI is InChI=1S/C16H17NO5S/c1-22-16(19)15(11-12-7-9-13(18)10-8-12)17-23(20,21)14-5-3-2-4-6-14/h2-10,15,17-18H,11H2,1H3/t15-/m0/s1. The molecular formula is C16H17NO5S. The molecule has 1 atom stereocenters. The third-order valence-corrected chi connectivity index (χ3v) is 4.70. The molecule has 0 aliphatic heterocycles. The van der Waals surface area contributed by atoms with Crippen LogP contribution < -0.4 is 4.72 Å². The summed E-state index contributed by atoms with van der Waals surface area (Å²) in [6.07, 6.45) is 0.110. The number of methoxy groups -OCH3 is 1. The molecule has 0 saturated carbocycles. The Morgan fingerprint density at radius 2 is 1.74 bits per heavy atom. The molecule has 0 amide bonds. The van der Waals surface area contributed by atoms with Gasteiger partial charge in [-0.3, -0.25) is 4.79 Å². The van der Waals surface area contributed by atoms with Gasteiger partial charge in [0, 0.05) is 0 Å². The lowest BCUT2D eigenvalue weighted by atomic mass is 10.1. The Bertz CT molecular complexity index is 757. The summed E-state index contributed by atoms with van der Waals surface area (Å²) in [5, 5.41) is 9.28. The fourth-order valence-electron chi connectivity index (χ4n) is 2.04. The van der Waals surface area contributed by atoms with Gasteiger partial charge in [0.05, 0.1) is 12.0 Å². The zero-order valence-electron chi connectivity index (χ0n) is 12.5. The lowest BCUT2D eigenvalue weighted by Gasteiger charge is -2.17. The van der Waals surface area contributed by atoms with Gasteiger partial charge in [0.15, 0.2) is 0 Å². The average molecular weight is 335 g/mol. The second-order valence-corrected chi connectivity index (χ2v) is 6.59. The minimum absolute atomic E-state index is 0.0691. The Labute approximate surface area is 134 Å². The van der Waals surface area contributed by atoms with Gasteiger partial charge in [-0.05, 0) is 36.2 Å². The van der Waals surface area contributed by atoms with E-state index in [1.54, 1.807) is 30.3 Å². The van der Waals surface area contributed by atoms with Crippen LogP contribution >= 0.6 is 0 Å². The largest absolute Gasteiger partial charge is 0.508 e. The summed E-state index contributed by atoms with van der Waals surface area (Å²) in [5.74, 6) is -0.592. The van der Waals surface area contributed by atoms with Crippen molar-refractivity contribution in [3.05, 3.63) is 60.2 Å². The second-order valence-electron chi connectivity index (χ2n) is 4.88. The van der Waals surface area contributed by atoms with Gasteiger partial charge in [-0.25, -0.2) is 8.42 Å². The minimum atomic E-state index is -3.84. The molecule has 23 heavy (non-hydrogen) atoms. The highest BCUT2D eigenvalue weighted by Gasteiger charge is 2.26. The number of phenolic OH excluding ortho intramolecular Hbond substituents is 1. The van der Waals surface area contributed by atoms with Crippen molar-refractivity contribution in [2.45, 2.75) is 17.4 Å². The Balaban J connectivity index is 2.22. The van der Waals surface area contributed by atoms with Crippen molar-refractivity contribution in [3.63, 3.8) is 0 Å². The zero-order valence-corrected chi connectivity index (χ0v) is 13.3. The van der Waals surface area contributed by atoms with Gasteiger partial charge in [-0.2, -0.15) is 4.72 Å². The lowest BCUT2D eigenvalue weighted by Crippen LogP contribution is -2.42. The quantitative estimate of drug-likeness (QED) is 0.780.